The molecule has 3 aromatic carbocycles. The van der Waals surface area contributed by atoms with Crippen molar-refractivity contribution in [2.45, 2.75) is 51.0 Å². The molecule has 14 heteroatoms. The summed E-state index contributed by atoms with van der Waals surface area (Å²) in [6.07, 6.45) is -6.09. The number of halogens is 1. The van der Waals surface area contributed by atoms with E-state index in [0.717, 1.165) is 3.57 Å². The maximum atomic E-state index is 13.2. The van der Waals surface area contributed by atoms with E-state index in [1.165, 1.54) is 25.3 Å². The number of ether oxygens (including phenoxy) is 5. The minimum absolute atomic E-state index is 0.0323. The van der Waals surface area contributed by atoms with Gasteiger partial charge in [0.05, 0.1) is 14.6 Å². The van der Waals surface area contributed by atoms with Crippen molar-refractivity contribution >= 4 is 51.2 Å². The van der Waals surface area contributed by atoms with E-state index in [1.807, 2.05) is 18.2 Å². The summed E-state index contributed by atoms with van der Waals surface area (Å²) in [7, 11) is 1.37. The molecule has 13 nitrogen and oxygen atoms in total. The van der Waals surface area contributed by atoms with E-state index in [-0.39, 0.29) is 27.8 Å². The third kappa shape index (κ3) is 6.60. The number of amides is 2. The number of aliphatic hydroxyl groups is 1. The number of fused-ring (bicyclic) bond motifs is 1. The predicted molar refractivity (Wildman–Crippen MR) is 173 cm³/mol. The molecule has 242 valence electrons. The number of nitrogens with two attached hydrogens (primary N) is 1. The van der Waals surface area contributed by atoms with Crippen LogP contribution in [0.15, 0.2) is 69.9 Å². The maximum Gasteiger partial charge on any atom is 0.404 e. The van der Waals surface area contributed by atoms with Crippen LogP contribution in [0.2, 0.25) is 0 Å². The third-order valence-corrected chi connectivity index (χ3v) is 8.31. The number of aryl methyl sites for hydroxylation is 1. The van der Waals surface area contributed by atoms with Gasteiger partial charge in [0.15, 0.2) is 23.6 Å². The molecule has 1 fully saturated rings. The Morgan fingerprint density at radius 1 is 1.07 bits per heavy atom. The molecule has 0 saturated carbocycles. The molecule has 1 aliphatic rings. The topological polar surface area (TPSA) is 189 Å². The summed E-state index contributed by atoms with van der Waals surface area (Å²) in [5.41, 5.74) is 3.07. The summed E-state index contributed by atoms with van der Waals surface area (Å²) in [6.45, 7) is 4.89. The Kier molecular flexibility index (Phi) is 9.44. The van der Waals surface area contributed by atoms with Gasteiger partial charge in [-0.05, 0) is 85.8 Å². The fourth-order valence-corrected chi connectivity index (χ4v) is 5.64. The number of methoxy groups -OCH3 is 1. The molecule has 2 heterocycles. The number of aliphatic hydroxyl groups excluding tert-OH is 1. The summed E-state index contributed by atoms with van der Waals surface area (Å²) in [6, 6.07) is 16.7. The number of hydrogen-bond acceptors (Lipinski definition) is 11. The number of carbonyl (C=O) groups excluding carboxylic acids is 2. The van der Waals surface area contributed by atoms with E-state index in [1.54, 1.807) is 45.0 Å². The van der Waals surface area contributed by atoms with E-state index < -0.39 is 59.3 Å². The number of anilines is 1. The van der Waals surface area contributed by atoms with Crippen LogP contribution in [0, 0.1) is 10.5 Å². The van der Waals surface area contributed by atoms with Gasteiger partial charge in [0.1, 0.15) is 28.9 Å². The lowest BCUT2D eigenvalue weighted by Crippen LogP contribution is -2.65. The molecule has 2 amide bonds. The van der Waals surface area contributed by atoms with Crippen molar-refractivity contribution in [3.63, 3.8) is 0 Å². The first kappa shape index (κ1) is 33.0. The summed E-state index contributed by atoms with van der Waals surface area (Å²) in [4.78, 5) is 37.7. The first-order chi connectivity index (χ1) is 21.8. The lowest BCUT2D eigenvalue weighted by atomic mass is 9.89. The molecule has 0 unspecified atom stereocenters. The summed E-state index contributed by atoms with van der Waals surface area (Å²) in [5, 5.41) is 24.6. The van der Waals surface area contributed by atoms with Crippen LogP contribution in [-0.2, 0) is 14.2 Å². The zero-order chi connectivity index (χ0) is 33.3. The first-order valence-electron chi connectivity index (χ1n) is 13.9. The number of para-hydroxylation sites is 1. The van der Waals surface area contributed by atoms with Crippen molar-refractivity contribution in [3.8, 4) is 23.0 Å². The van der Waals surface area contributed by atoms with Crippen molar-refractivity contribution in [3.05, 3.63) is 85.8 Å². The summed E-state index contributed by atoms with van der Waals surface area (Å²) in [5.74, 6) is -0.0615. The van der Waals surface area contributed by atoms with Crippen LogP contribution in [0.4, 0.5) is 10.5 Å². The monoisotopic (exact) mass is 746 g/mol. The van der Waals surface area contributed by atoms with Crippen molar-refractivity contribution < 1.29 is 47.9 Å². The number of aromatic hydroxyl groups is 1. The molecule has 0 radical (unpaired) electrons. The zero-order valence-corrected chi connectivity index (χ0v) is 27.3. The van der Waals surface area contributed by atoms with Crippen molar-refractivity contribution in [1.82, 2.24) is 0 Å². The lowest BCUT2D eigenvalue weighted by molar-refractivity contribution is -0.304. The Balaban J connectivity index is 1.41. The van der Waals surface area contributed by atoms with Crippen LogP contribution >= 0.6 is 22.6 Å². The second-order valence-corrected chi connectivity index (χ2v) is 12.1. The van der Waals surface area contributed by atoms with Crippen molar-refractivity contribution in [2.75, 3.05) is 12.4 Å². The van der Waals surface area contributed by atoms with E-state index in [0.29, 0.717) is 11.5 Å². The molecule has 1 aromatic heterocycles. The molecule has 4 aromatic rings. The van der Waals surface area contributed by atoms with E-state index in [9.17, 15) is 24.6 Å². The van der Waals surface area contributed by atoms with Crippen LogP contribution in [0.25, 0.3) is 11.0 Å². The number of benzene rings is 3. The van der Waals surface area contributed by atoms with Crippen LogP contribution in [0.1, 0.15) is 29.8 Å². The van der Waals surface area contributed by atoms with Crippen LogP contribution in [0.5, 0.6) is 23.0 Å². The Labute approximate surface area is 276 Å². The fraction of sp³-hybridized carbons (Fsp3) is 0.281. The molecular formula is C32H31IN2O11. The van der Waals surface area contributed by atoms with Crippen LogP contribution in [0.3, 0.4) is 0 Å². The van der Waals surface area contributed by atoms with Gasteiger partial charge in [-0.25, -0.2) is 9.59 Å². The molecule has 5 rings (SSSR count). The summed E-state index contributed by atoms with van der Waals surface area (Å²) < 4.78 is 34.6. The van der Waals surface area contributed by atoms with E-state index >= 15 is 0 Å². The largest absolute Gasteiger partial charge is 0.505 e. The Morgan fingerprint density at radius 3 is 2.46 bits per heavy atom. The highest BCUT2D eigenvalue weighted by Gasteiger charge is 2.53. The minimum Gasteiger partial charge on any atom is -0.505 e. The van der Waals surface area contributed by atoms with Gasteiger partial charge in [-0.1, -0.05) is 18.2 Å². The molecule has 4 atom stereocenters. The zero-order valence-electron chi connectivity index (χ0n) is 25.1. The SMILES string of the molecule is CO[C@@H]1[C@@H](OC(N)=O)[C@@H](O)[C@H](Oc2ccc3c(O)c(NC(=O)c4ccc(I)c(Oc5ccccc5)c4)c(=O)oc3c2C)OC1(C)C. The number of nitrogens with one attached hydrogen (secondary N) is 1. The fourth-order valence-electron chi connectivity index (χ4n) is 5.20. The highest BCUT2D eigenvalue weighted by atomic mass is 127. The standard InChI is InChI=1S/C32H31IN2O11/c1-15-20(43-30-24(37)26(45-31(34)40)27(41-4)32(2,3)46-30)13-11-18-23(36)22(29(39)44-25(15)18)35-28(38)16-10-12-19(33)21(14-16)42-17-8-6-5-7-9-17/h5-14,24,26-27,30,36-37H,1-4H3,(H2,34,40)(H,35,38)/t24-,26+,27-,30-/m1/s1. The third-order valence-electron chi connectivity index (χ3n) is 7.42. The number of primary amides is 1. The summed E-state index contributed by atoms with van der Waals surface area (Å²) >= 11 is 2.08. The van der Waals surface area contributed by atoms with Gasteiger partial charge in [0.25, 0.3) is 5.91 Å². The normalized spacial score (nSPS) is 20.6. The highest BCUT2D eigenvalue weighted by molar-refractivity contribution is 14.1. The molecule has 0 aliphatic carbocycles. The minimum atomic E-state index is -1.52. The maximum absolute atomic E-state index is 13.2. The number of hydrogen-bond donors (Lipinski definition) is 4. The van der Waals surface area contributed by atoms with Crippen LogP contribution in [-0.4, -0.2) is 59.5 Å². The molecule has 46 heavy (non-hydrogen) atoms. The quantitative estimate of drug-likeness (QED) is 0.143. The van der Waals surface area contributed by atoms with Gasteiger partial charge >= 0.3 is 11.7 Å². The van der Waals surface area contributed by atoms with Crippen LogP contribution < -0.4 is 26.1 Å². The van der Waals surface area contributed by atoms with Gasteiger partial charge in [-0.15, -0.1) is 0 Å². The average Bonchev–Trinajstić information content (AvgIpc) is 3.00. The molecule has 5 N–H and O–H groups in total. The molecule has 0 bridgehead atoms. The molecule has 1 aliphatic heterocycles. The Hall–Kier alpha value is -4.38. The number of rotatable bonds is 8. The van der Waals surface area contributed by atoms with Crippen molar-refractivity contribution in [1.29, 1.82) is 0 Å². The molecule has 0 spiro atoms. The van der Waals surface area contributed by atoms with E-state index in [2.05, 4.69) is 27.9 Å². The lowest BCUT2D eigenvalue weighted by Gasteiger charge is -2.47. The highest BCUT2D eigenvalue weighted by Crippen LogP contribution is 2.39. The second kappa shape index (κ2) is 13.2. The van der Waals surface area contributed by atoms with Gasteiger partial charge < -0.3 is 49.4 Å². The van der Waals surface area contributed by atoms with E-state index in [4.69, 9.17) is 33.8 Å². The second-order valence-electron chi connectivity index (χ2n) is 10.9. The van der Waals surface area contributed by atoms with Crippen molar-refractivity contribution in [2.24, 2.45) is 5.73 Å². The number of carbonyl (C=O) groups is 2. The average molecular weight is 747 g/mol. The first-order valence-corrected chi connectivity index (χ1v) is 15.0. The Morgan fingerprint density at radius 2 is 1.78 bits per heavy atom. The smallest absolute Gasteiger partial charge is 0.404 e. The predicted octanol–water partition coefficient (Wildman–Crippen LogP) is 4.81. The Bertz CT molecular complexity index is 1840. The van der Waals surface area contributed by atoms with Gasteiger partial charge in [-0.3, -0.25) is 4.79 Å². The van der Waals surface area contributed by atoms with Gasteiger partial charge in [0, 0.05) is 18.2 Å². The molecular weight excluding hydrogens is 715 g/mol. The van der Waals surface area contributed by atoms with Gasteiger partial charge in [0.2, 0.25) is 6.29 Å². The van der Waals surface area contributed by atoms with Gasteiger partial charge in [-0.2, -0.15) is 0 Å². The molecule has 1 saturated heterocycles.